The molecule has 57 heavy (non-hydrogen) atoms. The van der Waals surface area contributed by atoms with E-state index in [4.69, 9.17) is 25.5 Å². The maximum atomic E-state index is 9.54. The SMILES string of the molecule is [C-]#[N+]c1nc(C#N)nc(-c2ccc(C3(c4ccc(N5CCOCC5)cc4)C=Cc4c5c(c6cc(OC)c(OC)cc6c4O3)-c3ccccc3C5(CC)CC)cc2)n1. The molecule has 10 heteroatoms. The average Bonchev–Trinajstić information content (AvgIpc) is 3.59. The molecular formula is C47H40N6O4. The van der Waals surface area contributed by atoms with E-state index in [1.165, 1.54) is 22.3 Å². The molecule has 6 aromatic rings. The van der Waals surface area contributed by atoms with Crippen molar-refractivity contribution in [1.29, 1.82) is 5.26 Å². The zero-order valence-corrected chi connectivity index (χ0v) is 32.3. The minimum Gasteiger partial charge on any atom is -0.493 e. The molecule has 0 bridgehead atoms. The molecule has 1 aliphatic carbocycles. The van der Waals surface area contributed by atoms with Gasteiger partial charge < -0.3 is 28.7 Å². The summed E-state index contributed by atoms with van der Waals surface area (Å²) in [5.41, 5.74) is 8.40. The highest BCUT2D eigenvalue weighted by molar-refractivity contribution is 6.09. The highest BCUT2D eigenvalue weighted by atomic mass is 16.5. The Morgan fingerprint density at radius 1 is 0.860 bits per heavy atom. The van der Waals surface area contributed by atoms with Crippen LogP contribution in [0.4, 0.5) is 11.6 Å². The standard InChI is InChI=1S/C47H40N6O4/c1-6-46(7-2)37-11-9-8-10-33(37)41-35-26-38(54-4)39(55-5)27-36(35)43-34(42(41)46)20-21-47(57-43,31-16-18-32(19-17-31)53-22-24-56-25-23-53)30-14-12-29(13-15-30)44-50-40(28-48)51-45(49-3)52-44/h8-21,26-27H,6-7,22-25H2,1-2,4-5H3. The number of ether oxygens (including phenoxy) is 4. The lowest BCUT2D eigenvalue weighted by atomic mass is 9.71. The molecule has 3 aliphatic rings. The van der Waals surface area contributed by atoms with Gasteiger partial charge in [-0.1, -0.05) is 68.5 Å². The lowest BCUT2D eigenvalue weighted by Gasteiger charge is -2.39. The molecule has 1 saturated heterocycles. The Kier molecular flexibility index (Phi) is 8.87. The van der Waals surface area contributed by atoms with Crippen molar-refractivity contribution in [3.63, 3.8) is 0 Å². The summed E-state index contributed by atoms with van der Waals surface area (Å²) in [4.78, 5) is 18.2. The Balaban J connectivity index is 1.29. The predicted octanol–water partition coefficient (Wildman–Crippen LogP) is 9.40. The van der Waals surface area contributed by atoms with Gasteiger partial charge in [-0.15, -0.1) is 16.5 Å². The maximum absolute atomic E-state index is 9.54. The molecule has 0 amide bonds. The number of anilines is 1. The van der Waals surface area contributed by atoms with Crippen molar-refractivity contribution in [2.24, 2.45) is 0 Å². The Hall–Kier alpha value is -6.75. The number of nitriles is 1. The molecule has 5 aromatic carbocycles. The third-order valence-electron chi connectivity index (χ3n) is 12.0. The third-order valence-corrected chi connectivity index (χ3v) is 12.0. The first-order chi connectivity index (χ1) is 27.9. The molecule has 1 unspecified atom stereocenters. The molecule has 0 radical (unpaired) electrons. The van der Waals surface area contributed by atoms with Gasteiger partial charge in [-0.25, -0.2) is 0 Å². The van der Waals surface area contributed by atoms with Gasteiger partial charge in [0, 0.05) is 51.8 Å². The minimum absolute atomic E-state index is 0.106. The number of fused-ring (bicyclic) bond motifs is 8. The van der Waals surface area contributed by atoms with E-state index in [9.17, 15) is 5.26 Å². The van der Waals surface area contributed by atoms with Crippen molar-refractivity contribution in [3.05, 3.63) is 136 Å². The van der Waals surface area contributed by atoms with E-state index < -0.39 is 5.60 Å². The van der Waals surface area contributed by atoms with Crippen molar-refractivity contribution in [1.82, 2.24) is 15.0 Å². The van der Waals surface area contributed by atoms with Gasteiger partial charge in [0.25, 0.3) is 5.82 Å². The number of methoxy groups -OCH3 is 2. The molecule has 0 N–H and O–H groups in total. The number of rotatable bonds is 8. The van der Waals surface area contributed by atoms with Gasteiger partial charge in [0.15, 0.2) is 23.2 Å². The first kappa shape index (κ1) is 35.9. The summed E-state index contributed by atoms with van der Waals surface area (Å²) in [7, 11) is 3.33. The van der Waals surface area contributed by atoms with Crippen LogP contribution in [0.25, 0.3) is 44.2 Å². The maximum Gasteiger partial charge on any atom is 0.376 e. The Morgan fingerprint density at radius 3 is 2.18 bits per heavy atom. The Morgan fingerprint density at radius 2 is 1.53 bits per heavy atom. The Bertz CT molecular complexity index is 2640. The van der Waals surface area contributed by atoms with E-state index in [2.05, 4.69) is 105 Å². The number of morpholine rings is 1. The molecule has 282 valence electrons. The van der Waals surface area contributed by atoms with Crippen LogP contribution in [-0.2, 0) is 15.8 Å². The van der Waals surface area contributed by atoms with Crippen LogP contribution in [0.2, 0.25) is 0 Å². The van der Waals surface area contributed by atoms with E-state index >= 15 is 0 Å². The molecular weight excluding hydrogens is 713 g/mol. The van der Waals surface area contributed by atoms with Gasteiger partial charge in [0.05, 0.1) is 27.4 Å². The quantitative estimate of drug-likeness (QED) is 0.141. The molecule has 1 aromatic heterocycles. The largest absolute Gasteiger partial charge is 0.493 e. The summed E-state index contributed by atoms with van der Waals surface area (Å²) < 4.78 is 25.1. The summed E-state index contributed by atoms with van der Waals surface area (Å²) in [6.07, 6.45) is 6.29. The molecule has 3 heterocycles. The summed E-state index contributed by atoms with van der Waals surface area (Å²) in [5.74, 6) is 2.06. The third kappa shape index (κ3) is 5.51. The summed E-state index contributed by atoms with van der Waals surface area (Å²) in [6.45, 7) is 15.1. The highest BCUT2D eigenvalue weighted by Gasteiger charge is 2.47. The zero-order chi connectivity index (χ0) is 39.3. The number of aromatic nitrogens is 3. The van der Waals surface area contributed by atoms with Gasteiger partial charge in [-0.05, 0) is 83.0 Å². The van der Waals surface area contributed by atoms with Gasteiger partial charge in [0.2, 0.25) is 5.82 Å². The number of hydrogen-bond acceptors (Lipinski definition) is 9. The first-order valence-corrected chi connectivity index (χ1v) is 19.2. The lowest BCUT2D eigenvalue weighted by molar-refractivity contribution is 0.122. The van der Waals surface area contributed by atoms with E-state index in [0.717, 1.165) is 64.8 Å². The van der Waals surface area contributed by atoms with Crippen LogP contribution in [0.1, 0.15) is 60.3 Å². The zero-order valence-electron chi connectivity index (χ0n) is 32.3. The van der Waals surface area contributed by atoms with Crippen molar-refractivity contribution in [2.45, 2.75) is 37.7 Å². The molecule has 10 nitrogen and oxygen atoms in total. The van der Waals surface area contributed by atoms with Gasteiger partial charge in [-0.2, -0.15) is 10.2 Å². The first-order valence-electron chi connectivity index (χ1n) is 19.2. The van der Waals surface area contributed by atoms with Gasteiger partial charge in [0.1, 0.15) is 5.75 Å². The van der Waals surface area contributed by atoms with Crippen molar-refractivity contribution >= 4 is 28.5 Å². The van der Waals surface area contributed by atoms with Crippen LogP contribution in [-0.4, -0.2) is 55.5 Å². The van der Waals surface area contributed by atoms with Crippen LogP contribution < -0.4 is 19.1 Å². The fourth-order valence-electron chi connectivity index (χ4n) is 9.16. The normalized spacial score (nSPS) is 17.5. The fourth-order valence-corrected chi connectivity index (χ4v) is 9.16. The van der Waals surface area contributed by atoms with Crippen LogP contribution in [0, 0.1) is 17.9 Å². The second-order valence-corrected chi connectivity index (χ2v) is 14.5. The smallest absolute Gasteiger partial charge is 0.376 e. The topological polar surface area (TPSA) is 107 Å². The number of benzene rings is 5. The van der Waals surface area contributed by atoms with Crippen LogP contribution in [0.5, 0.6) is 17.2 Å². The second kappa shape index (κ2) is 14.1. The summed E-state index contributed by atoms with van der Waals surface area (Å²) in [5, 5.41) is 11.5. The van der Waals surface area contributed by atoms with Gasteiger partial charge in [-0.3, -0.25) is 0 Å². The molecule has 0 saturated carbocycles. The number of nitrogens with zero attached hydrogens (tertiary/aromatic N) is 6. The molecule has 9 rings (SSSR count). The lowest BCUT2D eigenvalue weighted by Crippen LogP contribution is -2.37. The highest BCUT2D eigenvalue weighted by Crippen LogP contribution is 2.61. The minimum atomic E-state index is -1.06. The van der Waals surface area contributed by atoms with Gasteiger partial charge >= 0.3 is 5.95 Å². The van der Waals surface area contributed by atoms with E-state index in [1.54, 1.807) is 14.2 Å². The van der Waals surface area contributed by atoms with Crippen LogP contribution in [0.3, 0.4) is 0 Å². The van der Waals surface area contributed by atoms with Crippen molar-refractivity contribution in [2.75, 3.05) is 45.4 Å². The Labute approximate surface area is 331 Å². The summed E-state index contributed by atoms with van der Waals surface area (Å²) in [6, 6.07) is 31.3. The average molecular weight is 753 g/mol. The predicted molar refractivity (Wildman–Crippen MR) is 220 cm³/mol. The van der Waals surface area contributed by atoms with E-state index in [1.807, 2.05) is 36.4 Å². The summed E-state index contributed by atoms with van der Waals surface area (Å²) >= 11 is 0. The van der Waals surface area contributed by atoms with E-state index in [0.29, 0.717) is 30.3 Å². The number of hydrogen-bond donors (Lipinski definition) is 0. The monoisotopic (exact) mass is 752 g/mol. The van der Waals surface area contributed by atoms with Crippen LogP contribution in [0.15, 0.2) is 91.0 Å². The van der Waals surface area contributed by atoms with Crippen LogP contribution >= 0.6 is 0 Å². The van der Waals surface area contributed by atoms with Crippen molar-refractivity contribution < 1.29 is 18.9 Å². The second-order valence-electron chi connectivity index (χ2n) is 14.5. The van der Waals surface area contributed by atoms with E-state index in [-0.39, 0.29) is 23.0 Å². The fraction of sp³-hybridized carbons (Fsp3) is 0.255. The van der Waals surface area contributed by atoms with Crippen molar-refractivity contribution in [3.8, 4) is 45.8 Å². The molecule has 0 spiro atoms. The molecule has 2 aliphatic heterocycles. The molecule has 1 fully saturated rings. The molecule has 1 atom stereocenters.